The van der Waals surface area contributed by atoms with Gasteiger partial charge >= 0.3 is 0 Å². The van der Waals surface area contributed by atoms with E-state index in [1.807, 2.05) is 18.4 Å². The molecule has 0 N–H and O–H groups in total. The number of halogens is 2. The highest BCUT2D eigenvalue weighted by Crippen LogP contribution is 2.21. The smallest absolute Gasteiger partial charge is 0.227 e. The molecular formula is C15H15ClFNOS. The summed E-state index contributed by atoms with van der Waals surface area (Å²) in [6.07, 6.45) is -0.0214. The number of amides is 1. The van der Waals surface area contributed by atoms with Crippen LogP contribution in [0.4, 0.5) is 4.39 Å². The Bertz CT molecular complexity index is 606. The summed E-state index contributed by atoms with van der Waals surface area (Å²) in [5.74, 6) is -0.587. The van der Waals surface area contributed by atoms with Gasteiger partial charge in [0.25, 0.3) is 0 Å². The first-order valence-electron chi connectivity index (χ1n) is 6.19. The molecule has 2 rings (SSSR count). The van der Waals surface area contributed by atoms with Gasteiger partial charge in [0.15, 0.2) is 0 Å². The van der Waals surface area contributed by atoms with Crippen LogP contribution in [0.15, 0.2) is 29.6 Å². The Kier molecular flexibility index (Phi) is 4.78. The van der Waals surface area contributed by atoms with Crippen LogP contribution in [0.1, 0.15) is 16.0 Å². The third-order valence-corrected chi connectivity index (χ3v) is 4.53. The van der Waals surface area contributed by atoms with Crippen molar-refractivity contribution in [3.8, 4) is 0 Å². The molecule has 20 heavy (non-hydrogen) atoms. The van der Waals surface area contributed by atoms with Gasteiger partial charge in [-0.25, -0.2) is 4.39 Å². The quantitative estimate of drug-likeness (QED) is 0.834. The number of nitrogens with zero attached hydrogens (tertiary/aromatic N) is 1. The van der Waals surface area contributed by atoms with Crippen molar-refractivity contribution < 1.29 is 9.18 Å². The van der Waals surface area contributed by atoms with Gasteiger partial charge in [0.2, 0.25) is 5.91 Å². The number of aryl methyl sites for hydroxylation is 1. The van der Waals surface area contributed by atoms with Crippen molar-refractivity contribution in [1.29, 1.82) is 0 Å². The second-order valence-corrected chi connectivity index (χ2v) is 6.06. The van der Waals surface area contributed by atoms with Crippen molar-refractivity contribution in [1.82, 2.24) is 4.90 Å². The van der Waals surface area contributed by atoms with Gasteiger partial charge in [-0.3, -0.25) is 4.79 Å². The molecule has 1 heterocycles. The third-order valence-electron chi connectivity index (χ3n) is 3.16. The number of rotatable bonds is 4. The Morgan fingerprint density at radius 1 is 1.40 bits per heavy atom. The monoisotopic (exact) mass is 311 g/mol. The highest BCUT2D eigenvalue weighted by molar-refractivity contribution is 7.10. The molecule has 0 aliphatic carbocycles. The molecule has 1 aromatic heterocycles. The second kappa shape index (κ2) is 6.37. The van der Waals surface area contributed by atoms with E-state index in [9.17, 15) is 9.18 Å². The molecule has 5 heteroatoms. The molecule has 0 fully saturated rings. The molecule has 0 saturated carbocycles. The second-order valence-electron chi connectivity index (χ2n) is 4.65. The zero-order valence-electron chi connectivity index (χ0n) is 11.3. The van der Waals surface area contributed by atoms with Crippen LogP contribution in [0.3, 0.4) is 0 Å². The van der Waals surface area contributed by atoms with Crippen LogP contribution in [0.5, 0.6) is 0 Å². The first kappa shape index (κ1) is 15.0. The van der Waals surface area contributed by atoms with E-state index in [0.717, 1.165) is 4.88 Å². The molecule has 0 aliphatic heterocycles. The fourth-order valence-corrected chi connectivity index (χ4v) is 3.05. The van der Waals surface area contributed by atoms with Crippen LogP contribution in [0.25, 0.3) is 0 Å². The van der Waals surface area contributed by atoms with Crippen LogP contribution in [-0.2, 0) is 17.8 Å². The zero-order chi connectivity index (χ0) is 14.7. The molecule has 0 saturated heterocycles. The summed E-state index contributed by atoms with van der Waals surface area (Å²) in [4.78, 5) is 14.9. The maximum atomic E-state index is 13.7. The summed E-state index contributed by atoms with van der Waals surface area (Å²) in [5, 5.41) is 2.29. The number of thiophene rings is 1. The topological polar surface area (TPSA) is 20.3 Å². The Balaban J connectivity index is 2.06. The average Bonchev–Trinajstić information content (AvgIpc) is 2.79. The zero-order valence-corrected chi connectivity index (χ0v) is 12.9. The number of likely N-dealkylation sites (N-methyl/N-ethyl adjacent to an activating group) is 1. The number of hydrogen-bond donors (Lipinski definition) is 0. The van der Waals surface area contributed by atoms with E-state index in [0.29, 0.717) is 11.6 Å². The fourth-order valence-electron chi connectivity index (χ4n) is 1.86. The van der Waals surface area contributed by atoms with Crippen molar-refractivity contribution in [2.24, 2.45) is 0 Å². The van der Waals surface area contributed by atoms with Gasteiger partial charge in [0, 0.05) is 22.5 Å². The van der Waals surface area contributed by atoms with Crippen molar-refractivity contribution in [2.45, 2.75) is 19.9 Å². The van der Waals surface area contributed by atoms with E-state index < -0.39 is 5.82 Å². The highest BCUT2D eigenvalue weighted by atomic mass is 35.5. The Labute approximate surface area is 126 Å². The fraction of sp³-hybridized carbons (Fsp3) is 0.267. The van der Waals surface area contributed by atoms with Crippen molar-refractivity contribution >= 4 is 28.8 Å². The van der Waals surface area contributed by atoms with Crippen LogP contribution >= 0.6 is 22.9 Å². The minimum Gasteiger partial charge on any atom is -0.340 e. The van der Waals surface area contributed by atoms with Crippen LogP contribution in [0, 0.1) is 12.7 Å². The van der Waals surface area contributed by atoms with E-state index in [-0.39, 0.29) is 17.9 Å². The maximum absolute atomic E-state index is 13.7. The van der Waals surface area contributed by atoms with Gasteiger partial charge in [-0.2, -0.15) is 0 Å². The lowest BCUT2D eigenvalue weighted by Gasteiger charge is -2.17. The molecule has 0 bridgehead atoms. The average molecular weight is 312 g/mol. The SMILES string of the molecule is Cc1ccsc1CN(C)C(=O)Cc1c(F)cccc1Cl. The van der Waals surface area contributed by atoms with E-state index in [4.69, 9.17) is 11.6 Å². The summed E-state index contributed by atoms with van der Waals surface area (Å²) in [6.45, 7) is 2.55. The molecule has 106 valence electrons. The Morgan fingerprint density at radius 2 is 2.15 bits per heavy atom. The summed E-state index contributed by atoms with van der Waals surface area (Å²) in [7, 11) is 1.72. The maximum Gasteiger partial charge on any atom is 0.227 e. The van der Waals surface area contributed by atoms with Crippen LogP contribution < -0.4 is 0 Å². The molecule has 1 amide bonds. The van der Waals surface area contributed by atoms with E-state index in [1.54, 1.807) is 29.4 Å². The molecular weight excluding hydrogens is 297 g/mol. The van der Waals surface area contributed by atoms with Gasteiger partial charge in [-0.05, 0) is 36.1 Å². The largest absolute Gasteiger partial charge is 0.340 e. The first-order valence-corrected chi connectivity index (χ1v) is 7.44. The highest BCUT2D eigenvalue weighted by Gasteiger charge is 2.16. The normalized spacial score (nSPS) is 10.6. The van der Waals surface area contributed by atoms with Crippen molar-refractivity contribution in [3.05, 3.63) is 56.5 Å². The van der Waals surface area contributed by atoms with Crippen molar-refractivity contribution in [2.75, 3.05) is 7.05 Å². The minimum atomic E-state index is -0.438. The standard InChI is InChI=1S/C15H15ClFNOS/c1-10-6-7-20-14(10)9-18(2)15(19)8-11-12(16)4-3-5-13(11)17/h3-7H,8-9H2,1-2H3. The molecule has 0 unspecified atom stereocenters. The van der Waals surface area contributed by atoms with Gasteiger partial charge < -0.3 is 4.90 Å². The Hall–Kier alpha value is -1.39. The minimum absolute atomic E-state index is 0.0214. The van der Waals surface area contributed by atoms with Gasteiger partial charge in [-0.15, -0.1) is 11.3 Å². The third kappa shape index (κ3) is 3.38. The van der Waals surface area contributed by atoms with Crippen LogP contribution in [-0.4, -0.2) is 17.9 Å². The molecule has 0 radical (unpaired) electrons. The molecule has 2 nitrogen and oxygen atoms in total. The summed E-state index contributed by atoms with van der Waals surface area (Å²) < 4.78 is 13.7. The number of carbonyl (C=O) groups excluding carboxylic acids is 1. The predicted octanol–water partition coefficient (Wildman–Crippen LogP) is 4.05. The molecule has 2 aromatic rings. The molecule has 0 spiro atoms. The molecule has 0 aliphatic rings. The lowest BCUT2D eigenvalue weighted by molar-refractivity contribution is -0.129. The first-order chi connectivity index (χ1) is 9.49. The lowest BCUT2D eigenvalue weighted by atomic mass is 10.1. The molecule has 1 aromatic carbocycles. The Morgan fingerprint density at radius 3 is 2.75 bits per heavy atom. The van der Waals surface area contributed by atoms with Crippen LogP contribution in [0.2, 0.25) is 5.02 Å². The lowest BCUT2D eigenvalue weighted by Crippen LogP contribution is -2.28. The molecule has 0 atom stereocenters. The summed E-state index contributed by atoms with van der Waals surface area (Å²) in [6, 6.07) is 6.46. The predicted molar refractivity (Wildman–Crippen MR) is 80.6 cm³/mol. The number of hydrogen-bond acceptors (Lipinski definition) is 2. The summed E-state index contributed by atoms with van der Waals surface area (Å²) >= 11 is 7.55. The number of benzene rings is 1. The van der Waals surface area contributed by atoms with Gasteiger partial charge in [0.1, 0.15) is 5.82 Å². The van der Waals surface area contributed by atoms with Gasteiger partial charge in [0.05, 0.1) is 13.0 Å². The van der Waals surface area contributed by atoms with Crippen molar-refractivity contribution in [3.63, 3.8) is 0 Å². The summed E-state index contributed by atoms with van der Waals surface area (Å²) in [5.41, 5.74) is 1.42. The van der Waals surface area contributed by atoms with E-state index in [2.05, 4.69) is 0 Å². The van der Waals surface area contributed by atoms with E-state index >= 15 is 0 Å². The van der Waals surface area contributed by atoms with E-state index in [1.165, 1.54) is 17.7 Å². The number of carbonyl (C=O) groups is 1. The van der Waals surface area contributed by atoms with Gasteiger partial charge in [-0.1, -0.05) is 17.7 Å².